The topological polar surface area (TPSA) is 47.6 Å². The summed E-state index contributed by atoms with van der Waals surface area (Å²) in [5, 5.41) is 16.0. The number of rotatable bonds is 2. The van der Waals surface area contributed by atoms with Crippen molar-refractivity contribution in [2.75, 3.05) is 0 Å². The molecular formula is C11H6BrF3N2. The molecule has 0 aliphatic carbocycles. The monoisotopic (exact) mass is 302 g/mol. The van der Waals surface area contributed by atoms with Gasteiger partial charge in [0, 0.05) is 11.6 Å². The number of nitrogens with one attached hydrogen (secondary N) is 1. The zero-order valence-corrected chi connectivity index (χ0v) is 9.93. The molecule has 0 radical (unpaired) electrons. The maximum atomic E-state index is 12.3. The van der Waals surface area contributed by atoms with Crippen LogP contribution in [0, 0.1) is 16.7 Å². The molecular weight excluding hydrogens is 297 g/mol. The third-order valence-corrected chi connectivity index (χ3v) is 2.56. The van der Waals surface area contributed by atoms with Gasteiger partial charge in [0.15, 0.2) is 0 Å². The molecule has 0 fully saturated rings. The molecule has 0 aliphatic heterocycles. The standard InChI is InChI=1S/C11H6BrF3N2/c12-9(5-6-16)10(17)7-1-3-8(4-2-7)11(13,14)15/h1-5,17H/b9-5+,17-10?. The molecule has 0 unspecified atom stereocenters. The molecule has 0 saturated heterocycles. The van der Waals surface area contributed by atoms with Crippen molar-refractivity contribution in [2.24, 2.45) is 0 Å². The van der Waals surface area contributed by atoms with Crippen LogP contribution in [0.1, 0.15) is 11.1 Å². The Morgan fingerprint density at radius 2 is 1.82 bits per heavy atom. The van der Waals surface area contributed by atoms with E-state index >= 15 is 0 Å². The predicted molar refractivity (Wildman–Crippen MR) is 60.9 cm³/mol. The first-order valence-corrected chi connectivity index (χ1v) is 5.17. The van der Waals surface area contributed by atoms with Crippen molar-refractivity contribution in [3.8, 4) is 6.07 Å². The molecule has 0 amide bonds. The van der Waals surface area contributed by atoms with Crippen LogP contribution >= 0.6 is 15.9 Å². The van der Waals surface area contributed by atoms with Crippen LogP contribution < -0.4 is 0 Å². The van der Waals surface area contributed by atoms with E-state index in [1.54, 1.807) is 6.07 Å². The summed E-state index contributed by atoms with van der Waals surface area (Å²) in [6.07, 6.45) is -3.29. The van der Waals surface area contributed by atoms with Crippen molar-refractivity contribution < 1.29 is 13.2 Å². The van der Waals surface area contributed by atoms with Gasteiger partial charge in [-0.3, -0.25) is 5.41 Å². The zero-order valence-electron chi connectivity index (χ0n) is 8.35. The maximum absolute atomic E-state index is 12.3. The third kappa shape index (κ3) is 3.43. The van der Waals surface area contributed by atoms with Gasteiger partial charge in [0.1, 0.15) is 0 Å². The third-order valence-electron chi connectivity index (χ3n) is 1.93. The molecule has 0 aliphatic rings. The van der Waals surface area contributed by atoms with Crippen molar-refractivity contribution in [1.82, 2.24) is 0 Å². The minimum absolute atomic E-state index is 0.0414. The van der Waals surface area contributed by atoms with E-state index in [-0.39, 0.29) is 10.2 Å². The van der Waals surface area contributed by atoms with Crippen LogP contribution in [0.25, 0.3) is 0 Å². The lowest BCUT2D eigenvalue weighted by molar-refractivity contribution is -0.137. The number of nitriles is 1. The second-order valence-corrected chi connectivity index (χ2v) is 3.93. The Kier molecular flexibility index (Phi) is 4.07. The van der Waals surface area contributed by atoms with Gasteiger partial charge >= 0.3 is 6.18 Å². The molecule has 1 aromatic carbocycles. The second kappa shape index (κ2) is 5.15. The van der Waals surface area contributed by atoms with E-state index in [0.717, 1.165) is 18.2 Å². The molecule has 88 valence electrons. The lowest BCUT2D eigenvalue weighted by Gasteiger charge is -2.07. The molecule has 17 heavy (non-hydrogen) atoms. The van der Waals surface area contributed by atoms with Crippen molar-refractivity contribution in [2.45, 2.75) is 6.18 Å². The van der Waals surface area contributed by atoms with Crippen molar-refractivity contribution in [3.63, 3.8) is 0 Å². The van der Waals surface area contributed by atoms with Gasteiger partial charge in [-0.1, -0.05) is 12.1 Å². The van der Waals surface area contributed by atoms with Gasteiger partial charge in [0.05, 0.1) is 21.8 Å². The highest BCUT2D eigenvalue weighted by Gasteiger charge is 2.30. The number of alkyl halides is 3. The Morgan fingerprint density at radius 3 is 2.24 bits per heavy atom. The number of hydrogen-bond donors (Lipinski definition) is 1. The van der Waals surface area contributed by atoms with Gasteiger partial charge in [0.2, 0.25) is 0 Å². The summed E-state index contributed by atoms with van der Waals surface area (Å²) in [4.78, 5) is 0. The van der Waals surface area contributed by atoms with Crippen LogP contribution in [0.4, 0.5) is 13.2 Å². The van der Waals surface area contributed by atoms with Gasteiger partial charge in [0.25, 0.3) is 0 Å². The van der Waals surface area contributed by atoms with Gasteiger partial charge in [-0.15, -0.1) is 0 Å². The first-order chi connectivity index (χ1) is 7.86. The van der Waals surface area contributed by atoms with Crippen LogP contribution in [0.5, 0.6) is 0 Å². The molecule has 0 aromatic heterocycles. The minimum Gasteiger partial charge on any atom is -0.299 e. The molecule has 0 atom stereocenters. The molecule has 2 nitrogen and oxygen atoms in total. The molecule has 0 spiro atoms. The maximum Gasteiger partial charge on any atom is 0.416 e. The van der Waals surface area contributed by atoms with Crippen LogP contribution in [-0.2, 0) is 6.18 Å². The minimum atomic E-state index is -4.39. The molecule has 0 bridgehead atoms. The number of hydrogen-bond acceptors (Lipinski definition) is 2. The molecule has 0 heterocycles. The van der Waals surface area contributed by atoms with E-state index in [1.165, 1.54) is 12.1 Å². The summed E-state index contributed by atoms with van der Waals surface area (Å²) >= 11 is 2.99. The number of allylic oxidation sites excluding steroid dienone is 2. The van der Waals surface area contributed by atoms with Crippen LogP contribution in [0.3, 0.4) is 0 Å². The van der Waals surface area contributed by atoms with Crippen molar-refractivity contribution in [1.29, 1.82) is 10.7 Å². The molecule has 0 saturated carbocycles. The first kappa shape index (κ1) is 13.5. The predicted octanol–water partition coefficient (Wildman–Crippen LogP) is 3.88. The second-order valence-electron chi connectivity index (χ2n) is 3.07. The van der Waals surface area contributed by atoms with E-state index in [9.17, 15) is 13.2 Å². The molecule has 1 N–H and O–H groups in total. The van der Waals surface area contributed by atoms with Crippen molar-refractivity contribution >= 4 is 21.6 Å². The summed E-state index contributed by atoms with van der Waals surface area (Å²) in [7, 11) is 0. The Bertz CT molecular complexity index is 495. The Balaban J connectivity index is 3.01. The number of benzene rings is 1. The smallest absolute Gasteiger partial charge is 0.299 e. The van der Waals surface area contributed by atoms with Crippen LogP contribution in [-0.4, -0.2) is 5.71 Å². The van der Waals surface area contributed by atoms with Crippen molar-refractivity contribution in [3.05, 3.63) is 46.0 Å². The first-order valence-electron chi connectivity index (χ1n) is 4.38. The fourth-order valence-corrected chi connectivity index (χ4v) is 1.42. The van der Waals surface area contributed by atoms with E-state index in [2.05, 4.69) is 15.9 Å². The van der Waals surface area contributed by atoms with E-state index < -0.39 is 11.7 Å². The highest BCUT2D eigenvalue weighted by molar-refractivity contribution is 9.12. The molecule has 1 rings (SSSR count). The number of nitrogens with zero attached hydrogens (tertiary/aromatic N) is 1. The highest BCUT2D eigenvalue weighted by atomic mass is 79.9. The average Bonchev–Trinajstić information content (AvgIpc) is 2.27. The fraction of sp³-hybridized carbons (Fsp3) is 0.0909. The average molecular weight is 303 g/mol. The largest absolute Gasteiger partial charge is 0.416 e. The normalized spacial score (nSPS) is 12.1. The molecule has 6 heteroatoms. The molecule has 1 aromatic rings. The Hall–Kier alpha value is -1.61. The zero-order chi connectivity index (χ0) is 13.1. The van der Waals surface area contributed by atoms with Gasteiger partial charge in [-0.2, -0.15) is 18.4 Å². The van der Waals surface area contributed by atoms with Gasteiger partial charge in [-0.05, 0) is 28.1 Å². The van der Waals surface area contributed by atoms with Gasteiger partial charge < -0.3 is 0 Å². The summed E-state index contributed by atoms with van der Waals surface area (Å²) in [6.45, 7) is 0. The summed E-state index contributed by atoms with van der Waals surface area (Å²) in [6, 6.07) is 5.91. The lowest BCUT2D eigenvalue weighted by Crippen LogP contribution is -2.06. The number of halogens is 4. The summed E-state index contributed by atoms with van der Waals surface area (Å²) in [5.41, 5.74) is -0.508. The highest BCUT2D eigenvalue weighted by Crippen LogP contribution is 2.29. The quantitative estimate of drug-likeness (QED) is 0.654. The Morgan fingerprint density at radius 1 is 1.29 bits per heavy atom. The van der Waals surface area contributed by atoms with Crippen LogP contribution in [0.2, 0.25) is 0 Å². The van der Waals surface area contributed by atoms with E-state index in [1.807, 2.05) is 0 Å². The van der Waals surface area contributed by atoms with E-state index in [0.29, 0.717) is 5.56 Å². The van der Waals surface area contributed by atoms with E-state index in [4.69, 9.17) is 10.7 Å². The summed E-state index contributed by atoms with van der Waals surface area (Å²) < 4.78 is 37.1. The Labute approximate surface area is 104 Å². The SMILES string of the molecule is N#C/C=C(/Br)C(=N)c1ccc(C(F)(F)F)cc1. The summed E-state index contributed by atoms with van der Waals surface area (Å²) in [5.74, 6) is 0. The van der Waals surface area contributed by atoms with Crippen LogP contribution in [0.15, 0.2) is 34.8 Å². The fourth-order valence-electron chi connectivity index (χ4n) is 1.09. The lowest BCUT2D eigenvalue weighted by atomic mass is 10.1. The van der Waals surface area contributed by atoms with Gasteiger partial charge in [-0.25, -0.2) is 0 Å².